The van der Waals surface area contributed by atoms with E-state index in [4.69, 9.17) is 9.26 Å². The van der Waals surface area contributed by atoms with E-state index in [1.54, 1.807) is 19.4 Å². The third-order valence-corrected chi connectivity index (χ3v) is 3.78. The number of aromatic nitrogens is 4. The largest absolute Gasteiger partial charge is 0.481 e. The molecule has 8 nitrogen and oxygen atoms in total. The number of methoxy groups -OCH3 is 1. The number of ether oxygens (including phenoxy) is 1. The molecule has 1 saturated heterocycles. The molecule has 1 fully saturated rings. The van der Waals surface area contributed by atoms with Gasteiger partial charge < -0.3 is 19.1 Å². The van der Waals surface area contributed by atoms with E-state index in [0.717, 1.165) is 31.8 Å². The van der Waals surface area contributed by atoms with E-state index in [2.05, 4.69) is 25.0 Å². The van der Waals surface area contributed by atoms with Crippen LogP contribution in [0.5, 0.6) is 5.88 Å². The van der Waals surface area contributed by atoms with Crippen LogP contribution in [-0.4, -0.2) is 54.4 Å². The summed E-state index contributed by atoms with van der Waals surface area (Å²) in [5.74, 6) is 2.92. The van der Waals surface area contributed by atoms with Crippen molar-refractivity contribution >= 4 is 11.9 Å². The maximum atomic E-state index is 5.37. The molecule has 0 N–H and O–H groups in total. The zero-order chi connectivity index (χ0) is 15.5. The van der Waals surface area contributed by atoms with Crippen LogP contribution >= 0.6 is 0 Å². The first-order chi connectivity index (χ1) is 10.7. The third kappa shape index (κ3) is 2.95. The highest BCUT2D eigenvalue weighted by molar-refractivity contribution is 5.33. The van der Waals surface area contributed by atoms with Gasteiger partial charge in [0, 0.05) is 45.4 Å². The second-order valence-corrected chi connectivity index (χ2v) is 5.49. The Hall–Kier alpha value is -2.38. The predicted molar refractivity (Wildman–Crippen MR) is 81.4 cm³/mol. The molecule has 3 rings (SSSR count). The van der Waals surface area contributed by atoms with Crippen LogP contribution in [-0.2, 0) is 0 Å². The molecule has 1 aliphatic heterocycles. The fourth-order valence-corrected chi connectivity index (χ4v) is 2.50. The van der Waals surface area contributed by atoms with Crippen LogP contribution in [0.1, 0.15) is 24.7 Å². The summed E-state index contributed by atoms with van der Waals surface area (Å²) in [6.45, 7) is 1.72. The van der Waals surface area contributed by atoms with Crippen LogP contribution in [0.4, 0.5) is 11.9 Å². The molecule has 2 aromatic heterocycles. The number of piperidine rings is 1. The summed E-state index contributed by atoms with van der Waals surface area (Å²) in [4.78, 5) is 17.1. The van der Waals surface area contributed by atoms with E-state index in [9.17, 15) is 0 Å². The third-order valence-electron chi connectivity index (χ3n) is 3.78. The Labute approximate surface area is 129 Å². The molecule has 8 heteroatoms. The topological polar surface area (TPSA) is 80.4 Å². The molecule has 0 unspecified atom stereocenters. The maximum absolute atomic E-state index is 5.37. The van der Waals surface area contributed by atoms with E-state index in [1.165, 1.54) is 0 Å². The van der Waals surface area contributed by atoms with E-state index in [-0.39, 0.29) is 0 Å². The first-order valence-corrected chi connectivity index (χ1v) is 7.30. The fraction of sp³-hybridized carbons (Fsp3) is 0.571. The minimum absolute atomic E-state index is 0.294. The van der Waals surface area contributed by atoms with E-state index in [0.29, 0.717) is 23.7 Å². The fourth-order valence-electron chi connectivity index (χ4n) is 2.50. The summed E-state index contributed by atoms with van der Waals surface area (Å²) in [6, 6.07) is 1.75. The Kier molecular flexibility index (Phi) is 4.08. The second kappa shape index (κ2) is 6.17. The maximum Gasteiger partial charge on any atom is 0.265 e. The van der Waals surface area contributed by atoms with Crippen LogP contribution in [0.3, 0.4) is 0 Å². The zero-order valence-corrected chi connectivity index (χ0v) is 13.1. The molecule has 0 amide bonds. The van der Waals surface area contributed by atoms with Crippen molar-refractivity contribution < 1.29 is 9.26 Å². The van der Waals surface area contributed by atoms with E-state index < -0.39 is 0 Å². The number of anilines is 2. The molecule has 0 saturated carbocycles. The standard InChI is InChI=1S/C14H20N6O2/c1-19(2)14-17-12(22-18-14)10-5-8-20(9-6-10)13-15-7-4-11(16-13)21-3/h4,7,10H,5-6,8-9H2,1-3H3. The molecule has 0 bridgehead atoms. The van der Waals surface area contributed by atoms with Gasteiger partial charge in [-0.15, -0.1) is 0 Å². The van der Waals surface area contributed by atoms with Crippen LogP contribution < -0.4 is 14.5 Å². The van der Waals surface area contributed by atoms with Crippen molar-refractivity contribution in [2.75, 3.05) is 44.1 Å². The summed E-state index contributed by atoms with van der Waals surface area (Å²) in [5, 5.41) is 3.98. The van der Waals surface area contributed by atoms with Gasteiger partial charge in [-0.2, -0.15) is 9.97 Å². The normalized spacial score (nSPS) is 15.9. The number of hydrogen-bond donors (Lipinski definition) is 0. The Morgan fingerprint density at radius 1 is 1.27 bits per heavy atom. The minimum Gasteiger partial charge on any atom is -0.481 e. The Morgan fingerprint density at radius 2 is 2.05 bits per heavy atom. The van der Waals surface area contributed by atoms with Gasteiger partial charge in [-0.05, 0) is 18.0 Å². The molecule has 0 radical (unpaired) electrons. The molecular formula is C14H20N6O2. The first-order valence-electron chi connectivity index (χ1n) is 7.30. The van der Waals surface area contributed by atoms with Crippen molar-refractivity contribution in [2.45, 2.75) is 18.8 Å². The highest BCUT2D eigenvalue weighted by atomic mass is 16.5. The van der Waals surface area contributed by atoms with E-state index >= 15 is 0 Å². The van der Waals surface area contributed by atoms with Gasteiger partial charge in [-0.3, -0.25) is 0 Å². The van der Waals surface area contributed by atoms with Gasteiger partial charge >= 0.3 is 0 Å². The quantitative estimate of drug-likeness (QED) is 0.836. The van der Waals surface area contributed by atoms with Crippen molar-refractivity contribution in [3.05, 3.63) is 18.2 Å². The van der Waals surface area contributed by atoms with Gasteiger partial charge in [0.25, 0.3) is 5.95 Å². The van der Waals surface area contributed by atoms with Crippen molar-refractivity contribution in [3.63, 3.8) is 0 Å². The van der Waals surface area contributed by atoms with E-state index in [1.807, 2.05) is 19.0 Å². The molecule has 0 aromatic carbocycles. The Morgan fingerprint density at radius 3 is 2.68 bits per heavy atom. The highest BCUT2D eigenvalue weighted by Crippen LogP contribution is 2.29. The predicted octanol–water partition coefficient (Wildman–Crippen LogP) is 1.32. The van der Waals surface area contributed by atoms with Gasteiger partial charge in [0.1, 0.15) is 0 Å². The van der Waals surface area contributed by atoms with Crippen LogP contribution in [0.2, 0.25) is 0 Å². The van der Waals surface area contributed by atoms with Gasteiger partial charge in [0.15, 0.2) is 0 Å². The summed E-state index contributed by atoms with van der Waals surface area (Å²) in [7, 11) is 5.41. The molecule has 118 valence electrons. The second-order valence-electron chi connectivity index (χ2n) is 5.49. The minimum atomic E-state index is 0.294. The van der Waals surface area contributed by atoms with Gasteiger partial charge in [-0.1, -0.05) is 0 Å². The lowest BCUT2D eigenvalue weighted by atomic mass is 9.97. The van der Waals surface area contributed by atoms with Gasteiger partial charge in [0.2, 0.25) is 17.7 Å². The van der Waals surface area contributed by atoms with Crippen LogP contribution in [0, 0.1) is 0 Å². The molecule has 0 aliphatic carbocycles. The summed E-state index contributed by atoms with van der Waals surface area (Å²) < 4.78 is 10.5. The monoisotopic (exact) mass is 304 g/mol. The molecule has 0 spiro atoms. The summed E-state index contributed by atoms with van der Waals surface area (Å²) in [5.41, 5.74) is 0. The lowest BCUT2D eigenvalue weighted by Gasteiger charge is -2.30. The molecule has 22 heavy (non-hydrogen) atoms. The lowest BCUT2D eigenvalue weighted by molar-refractivity contribution is 0.328. The number of hydrogen-bond acceptors (Lipinski definition) is 8. The molecular weight excluding hydrogens is 284 g/mol. The number of rotatable bonds is 4. The molecule has 2 aromatic rings. The van der Waals surface area contributed by atoms with Crippen molar-refractivity contribution in [1.29, 1.82) is 0 Å². The SMILES string of the molecule is COc1ccnc(N2CCC(c3nc(N(C)C)no3)CC2)n1. The molecule has 0 atom stereocenters. The zero-order valence-electron chi connectivity index (χ0n) is 13.1. The van der Waals surface area contributed by atoms with Crippen molar-refractivity contribution in [1.82, 2.24) is 20.1 Å². The van der Waals surface area contributed by atoms with Crippen molar-refractivity contribution in [3.8, 4) is 5.88 Å². The molecule has 3 heterocycles. The molecule has 1 aliphatic rings. The Balaban J connectivity index is 1.64. The van der Waals surface area contributed by atoms with Gasteiger partial charge in [-0.25, -0.2) is 4.98 Å². The number of nitrogens with zero attached hydrogens (tertiary/aromatic N) is 6. The average molecular weight is 304 g/mol. The van der Waals surface area contributed by atoms with Crippen LogP contribution in [0.15, 0.2) is 16.8 Å². The lowest BCUT2D eigenvalue weighted by Crippen LogP contribution is -2.34. The van der Waals surface area contributed by atoms with Crippen LogP contribution in [0.25, 0.3) is 0 Å². The summed E-state index contributed by atoms with van der Waals surface area (Å²) >= 11 is 0. The highest BCUT2D eigenvalue weighted by Gasteiger charge is 2.26. The first kappa shape index (κ1) is 14.6. The van der Waals surface area contributed by atoms with Crippen molar-refractivity contribution in [2.24, 2.45) is 0 Å². The summed E-state index contributed by atoms with van der Waals surface area (Å²) in [6.07, 6.45) is 3.60. The van der Waals surface area contributed by atoms with Gasteiger partial charge in [0.05, 0.1) is 7.11 Å². The smallest absolute Gasteiger partial charge is 0.265 e. The Bertz CT molecular complexity index is 621. The average Bonchev–Trinajstić information content (AvgIpc) is 3.05.